The number of carbonyl (C=O) groups excluding carboxylic acids is 2. The van der Waals surface area contributed by atoms with Gasteiger partial charge in [-0.1, -0.05) is 0 Å². The van der Waals surface area contributed by atoms with E-state index >= 15 is 0 Å². The van der Waals surface area contributed by atoms with E-state index in [1.54, 1.807) is 27.7 Å². The van der Waals surface area contributed by atoms with E-state index in [1.165, 1.54) is 7.11 Å². The van der Waals surface area contributed by atoms with Crippen molar-refractivity contribution in [1.29, 1.82) is 0 Å². The molecule has 0 aliphatic carbocycles. The largest absolute Gasteiger partial charge is 0.458 e. The normalized spacial score (nSPS) is 13.1. The fourth-order valence-corrected chi connectivity index (χ4v) is 0.863. The van der Waals surface area contributed by atoms with E-state index in [9.17, 15) is 9.59 Å². The molecule has 0 aromatic rings. The predicted octanol–water partition coefficient (Wildman–Crippen LogP) is 0.479. The Morgan fingerprint density at radius 2 is 1.87 bits per heavy atom. The van der Waals surface area contributed by atoms with Crippen LogP contribution in [0.3, 0.4) is 0 Å². The first kappa shape index (κ1) is 13.9. The van der Waals surface area contributed by atoms with Crippen LogP contribution in [0.2, 0.25) is 0 Å². The summed E-state index contributed by atoms with van der Waals surface area (Å²) in [5, 5.41) is 2.46. The van der Waals surface area contributed by atoms with Crippen molar-refractivity contribution >= 4 is 11.9 Å². The zero-order valence-corrected chi connectivity index (χ0v) is 9.92. The molecule has 0 rings (SSSR count). The summed E-state index contributed by atoms with van der Waals surface area (Å²) in [5.74, 6) is -0.789. The summed E-state index contributed by atoms with van der Waals surface area (Å²) >= 11 is 0. The van der Waals surface area contributed by atoms with Crippen molar-refractivity contribution in [3.63, 3.8) is 0 Å². The number of hydrogen-bond acceptors (Lipinski definition) is 4. The van der Waals surface area contributed by atoms with E-state index in [0.717, 1.165) is 0 Å². The SMILES string of the molecule is COCC(=O)NC(C)C(=O)OC(C)(C)C. The molecule has 0 fully saturated rings. The molecule has 0 heterocycles. The Morgan fingerprint density at radius 3 is 2.27 bits per heavy atom. The third-order valence-corrected chi connectivity index (χ3v) is 1.41. The number of rotatable bonds is 4. The zero-order valence-electron chi connectivity index (χ0n) is 9.92. The monoisotopic (exact) mass is 217 g/mol. The molecule has 0 saturated heterocycles. The quantitative estimate of drug-likeness (QED) is 0.696. The molecule has 5 heteroatoms. The zero-order chi connectivity index (χ0) is 12.1. The van der Waals surface area contributed by atoms with Gasteiger partial charge in [0.1, 0.15) is 18.2 Å². The van der Waals surface area contributed by atoms with Crippen molar-refractivity contribution in [2.75, 3.05) is 13.7 Å². The first-order chi connectivity index (χ1) is 6.76. The summed E-state index contributed by atoms with van der Waals surface area (Å²) in [6.45, 7) is 6.83. The van der Waals surface area contributed by atoms with Crippen molar-refractivity contribution in [2.24, 2.45) is 0 Å². The van der Waals surface area contributed by atoms with Gasteiger partial charge in [0.15, 0.2) is 0 Å². The van der Waals surface area contributed by atoms with Crippen LogP contribution in [-0.4, -0.2) is 37.2 Å². The van der Waals surface area contributed by atoms with Crippen LogP contribution in [0.25, 0.3) is 0 Å². The number of carbonyl (C=O) groups is 2. The van der Waals surface area contributed by atoms with Crippen LogP contribution in [0, 0.1) is 0 Å². The van der Waals surface area contributed by atoms with Crippen LogP contribution >= 0.6 is 0 Å². The summed E-state index contributed by atoms with van der Waals surface area (Å²) in [7, 11) is 1.41. The molecule has 1 amide bonds. The summed E-state index contributed by atoms with van der Waals surface area (Å²) in [5.41, 5.74) is -0.544. The molecular weight excluding hydrogens is 198 g/mol. The Hall–Kier alpha value is -1.10. The van der Waals surface area contributed by atoms with E-state index in [2.05, 4.69) is 10.1 Å². The van der Waals surface area contributed by atoms with Gasteiger partial charge in [0, 0.05) is 7.11 Å². The van der Waals surface area contributed by atoms with Gasteiger partial charge >= 0.3 is 5.97 Å². The second-order valence-corrected chi connectivity index (χ2v) is 4.26. The van der Waals surface area contributed by atoms with Crippen molar-refractivity contribution < 1.29 is 19.1 Å². The third kappa shape index (κ3) is 6.90. The Labute approximate surface area is 90.1 Å². The molecule has 0 aromatic heterocycles. The Bertz CT molecular complexity index is 232. The number of ether oxygens (including phenoxy) is 2. The molecule has 1 unspecified atom stereocenters. The van der Waals surface area contributed by atoms with Crippen LogP contribution < -0.4 is 5.32 Å². The van der Waals surface area contributed by atoms with Crippen LogP contribution in [0.1, 0.15) is 27.7 Å². The molecule has 0 aliphatic rings. The fourth-order valence-electron chi connectivity index (χ4n) is 0.863. The molecule has 0 aromatic carbocycles. The molecule has 0 saturated carbocycles. The molecule has 1 atom stereocenters. The standard InChI is InChI=1S/C10H19NO4/c1-7(11-8(12)6-14-5)9(13)15-10(2,3)4/h7H,6H2,1-5H3,(H,11,12). The van der Waals surface area contributed by atoms with Gasteiger partial charge in [-0.25, -0.2) is 4.79 Å². The van der Waals surface area contributed by atoms with Crippen molar-refractivity contribution in [1.82, 2.24) is 5.32 Å². The first-order valence-corrected chi connectivity index (χ1v) is 4.77. The van der Waals surface area contributed by atoms with Gasteiger partial charge in [0.05, 0.1) is 0 Å². The fraction of sp³-hybridized carbons (Fsp3) is 0.800. The second-order valence-electron chi connectivity index (χ2n) is 4.26. The smallest absolute Gasteiger partial charge is 0.328 e. The van der Waals surface area contributed by atoms with Crippen LogP contribution in [0.4, 0.5) is 0 Å². The van der Waals surface area contributed by atoms with Crippen LogP contribution in [0.5, 0.6) is 0 Å². The lowest BCUT2D eigenvalue weighted by atomic mass is 10.2. The number of amides is 1. The molecule has 0 bridgehead atoms. The van der Waals surface area contributed by atoms with Crippen LogP contribution in [-0.2, 0) is 19.1 Å². The first-order valence-electron chi connectivity index (χ1n) is 4.77. The van der Waals surface area contributed by atoms with Gasteiger partial charge in [0.2, 0.25) is 5.91 Å². The summed E-state index contributed by atoms with van der Waals surface area (Å²) < 4.78 is 9.71. The minimum absolute atomic E-state index is 0.0624. The third-order valence-electron chi connectivity index (χ3n) is 1.41. The van der Waals surface area contributed by atoms with Gasteiger partial charge < -0.3 is 14.8 Å². The van der Waals surface area contributed by atoms with Crippen LogP contribution in [0.15, 0.2) is 0 Å². The van der Waals surface area contributed by atoms with Gasteiger partial charge in [-0.05, 0) is 27.7 Å². The molecular formula is C10H19NO4. The maximum absolute atomic E-state index is 11.4. The van der Waals surface area contributed by atoms with E-state index in [0.29, 0.717) is 0 Å². The molecule has 15 heavy (non-hydrogen) atoms. The molecule has 5 nitrogen and oxygen atoms in total. The maximum atomic E-state index is 11.4. The summed E-state index contributed by atoms with van der Waals surface area (Å²) in [6, 6.07) is -0.660. The van der Waals surface area contributed by atoms with Crippen molar-refractivity contribution in [2.45, 2.75) is 39.3 Å². The topological polar surface area (TPSA) is 64.6 Å². The lowest BCUT2D eigenvalue weighted by Crippen LogP contribution is -2.43. The van der Waals surface area contributed by atoms with E-state index in [4.69, 9.17) is 4.74 Å². The molecule has 0 radical (unpaired) electrons. The maximum Gasteiger partial charge on any atom is 0.328 e. The molecule has 0 spiro atoms. The molecule has 1 N–H and O–H groups in total. The van der Waals surface area contributed by atoms with E-state index in [-0.39, 0.29) is 12.5 Å². The summed E-state index contributed by atoms with van der Waals surface area (Å²) in [4.78, 5) is 22.5. The lowest BCUT2D eigenvalue weighted by Gasteiger charge is -2.22. The number of nitrogens with one attached hydrogen (secondary N) is 1. The molecule has 88 valence electrons. The Kier molecular flexibility index (Phi) is 5.28. The average molecular weight is 217 g/mol. The Morgan fingerprint density at radius 1 is 1.33 bits per heavy atom. The van der Waals surface area contributed by atoms with Gasteiger partial charge in [0.25, 0.3) is 0 Å². The average Bonchev–Trinajstić information content (AvgIpc) is 2.00. The minimum atomic E-state index is -0.660. The second kappa shape index (κ2) is 5.70. The number of hydrogen-bond donors (Lipinski definition) is 1. The van der Waals surface area contributed by atoms with Gasteiger partial charge in [-0.3, -0.25) is 4.79 Å². The summed E-state index contributed by atoms with van der Waals surface area (Å²) in [6.07, 6.45) is 0. The number of esters is 1. The highest BCUT2D eigenvalue weighted by Gasteiger charge is 2.22. The van der Waals surface area contributed by atoms with Crippen molar-refractivity contribution in [3.05, 3.63) is 0 Å². The van der Waals surface area contributed by atoms with Gasteiger partial charge in [-0.2, -0.15) is 0 Å². The van der Waals surface area contributed by atoms with E-state index in [1.807, 2.05) is 0 Å². The van der Waals surface area contributed by atoms with E-state index < -0.39 is 17.6 Å². The predicted molar refractivity (Wildman–Crippen MR) is 55.3 cm³/mol. The minimum Gasteiger partial charge on any atom is -0.458 e. The lowest BCUT2D eigenvalue weighted by molar-refractivity contribution is -0.158. The Balaban J connectivity index is 4.05. The van der Waals surface area contributed by atoms with Gasteiger partial charge in [-0.15, -0.1) is 0 Å². The highest BCUT2D eigenvalue weighted by Crippen LogP contribution is 2.08. The highest BCUT2D eigenvalue weighted by atomic mass is 16.6. The number of methoxy groups -OCH3 is 1. The van der Waals surface area contributed by atoms with Crippen molar-refractivity contribution in [3.8, 4) is 0 Å². The highest BCUT2D eigenvalue weighted by molar-refractivity contribution is 5.84. The molecule has 0 aliphatic heterocycles.